The van der Waals surface area contributed by atoms with Gasteiger partial charge in [0.15, 0.2) is 5.96 Å². The molecule has 158 valence electrons. The lowest BCUT2D eigenvalue weighted by Gasteiger charge is -2.37. The summed E-state index contributed by atoms with van der Waals surface area (Å²) in [5.74, 6) is 0.844. The predicted molar refractivity (Wildman–Crippen MR) is 128 cm³/mol. The second-order valence-corrected chi connectivity index (χ2v) is 8.23. The molecule has 0 aliphatic carbocycles. The van der Waals surface area contributed by atoms with Gasteiger partial charge in [-0.3, -0.25) is 0 Å². The molecule has 2 aromatic carbocycles. The number of anilines is 1. The van der Waals surface area contributed by atoms with Crippen molar-refractivity contribution < 1.29 is 8.42 Å². The topological polar surface area (TPSA) is 91.0 Å². The van der Waals surface area contributed by atoms with Gasteiger partial charge in [-0.2, -0.15) is 0 Å². The van der Waals surface area contributed by atoms with Crippen molar-refractivity contribution in [2.45, 2.75) is 18.4 Å². The lowest BCUT2D eigenvalue weighted by atomic mass is 10.2. The molecule has 29 heavy (non-hydrogen) atoms. The normalized spacial score (nSPS) is 15.0. The third-order valence-corrected chi connectivity index (χ3v) is 5.58. The standard InChI is InChI=1S/C20H27N5O2S.HI/c1-2-22-20(23-16-17-7-6-10-19(15-17)28(21,26)27)25-13-11-24(12-14-25)18-8-4-3-5-9-18;/h3-10,15H,2,11-14,16H2,1H3,(H,22,23)(H2,21,26,27);1H. The maximum absolute atomic E-state index is 11.5. The van der Waals surface area contributed by atoms with Crippen molar-refractivity contribution in [1.29, 1.82) is 0 Å². The van der Waals surface area contributed by atoms with Crippen LogP contribution in [-0.4, -0.2) is 52.0 Å². The highest BCUT2D eigenvalue weighted by atomic mass is 127. The van der Waals surface area contributed by atoms with Crippen LogP contribution >= 0.6 is 24.0 Å². The summed E-state index contributed by atoms with van der Waals surface area (Å²) in [7, 11) is -3.71. The van der Waals surface area contributed by atoms with E-state index in [1.807, 2.05) is 19.1 Å². The number of sulfonamides is 1. The van der Waals surface area contributed by atoms with Crippen molar-refractivity contribution in [3.8, 4) is 0 Å². The fourth-order valence-corrected chi connectivity index (χ4v) is 3.81. The van der Waals surface area contributed by atoms with Gasteiger partial charge in [-0.15, -0.1) is 24.0 Å². The number of nitrogens with two attached hydrogens (primary N) is 1. The highest BCUT2D eigenvalue weighted by molar-refractivity contribution is 14.0. The van der Waals surface area contributed by atoms with Crippen LogP contribution in [0.1, 0.15) is 12.5 Å². The Bertz CT molecular complexity index is 913. The molecule has 2 aromatic rings. The number of guanidine groups is 1. The van der Waals surface area contributed by atoms with E-state index in [4.69, 9.17) is 10.1 Å². The highest BCUT2D eigenvalue weighted by Gasteiger charge is 2.19. The highest BCUT2D eigenvalue weighted by Crippen LogP contribution is 2.16. The number of hydrogen-bond acceptors (Lipinski definition) is 4. The molecule has 0 radical (unpaired) electrons. The summed E-state index contributed by atoms with van der Waals surface area (Å²) in [4.78, 5) is 9.43. The Morgan fingerprint density at radius 1 is 1.07 bits per heavy atom. The number of benzene rings is 2. The van der Waals surface area contributed by atoms with E-state index in [1.165, 1.54) is 11.8 Å². The average molecular weight is 529 g/mol. The fraction of sp³-hybridized carbons (Fsp3) is 0.350. The van der Waals surface area contributed by atoms with Crippen LogP contribution in [0.15, 0.2) is 64.5 Å². The first kappa shape index (κ1) is 23.4. The SMILES string of the molecule is CCNC(=NCc1cccc(S(N)(=O)=O)c1)N1CCN(c2ccccc2)CC1.I. The molecule has 0 amide bonds. The smallest absolute Gasteiger partial charge is 0.238 e. The first-order chi connectivity index (χ1) is 13.5. The van der Waals surface area contributed by atoms with E-state index in [1.54, 1.807) is 12.1 Å². The fourth-order valence-electron chi connectivity index (χ4n) is 3.23. The van der Waals surface area contributed by atoms with Crippen LogP contribution in [0.3, 0.4) is 0 Å². The lowest BCUT2D eigenvalue weighted by Crippen LogP contribution is -2.52. The molecular formula is C20H28IN5O2S. The lowest BCUT2D eigenvalue weighted by molar-refractivity contribution is 0.372. The van der Waals surface area contributed by atoms with Crippen molar-refractivity contribution in [2.24, 2.45) is 10.1 Å². The van der Waals surface area contributed by atoms with E-state index in [9.17, 15) is 8.42 Å². The van der Waals surface area contributed by atoms with Gasteiger partial charge < -0.3 is 15.1 Å². The van der Waals surface area contributed by atoms with Crippen molar-refractivity contribution in [2.75, 3.05) is 37.6 Å². The molecule has 9 heteroatoms. The first-order valence-corrected chi connectivity index (χ1v) is 11.0. The van der Waals surface area contributed by atoms with E-state index in [0.717, 1.165) is 44.2 Å². The minimum absolute atomic E-state index is 0. The summed E-state index contributed by atoms with van der Waals surface area (Å²) in [5.41, 5.74) is 2.05. The second-order valence-electron chi connectivity index (χ2n) is 6.67. The van der Waals surface area contributed by atoms with E-state index >= 15 is 0 Å². The number of hydrogen-bond donors (Lipinski definition) is 2. The largest absolute Gasteiger partial charge is 0.368 e. The monoisotopic (exact) mass is 529 g/mol. The Labute approximate surface area is 190 Å². The minimum Gasteiger partial charge on any atom is -0.368 e. The molecule has 0 spiro atoms. The predicted octanol–water partition coefficient (Wildman–Crippen LogP) is 2.24. The van der Waals surface area contributed by atoms with Gasteiger partial charge in [0.2, 0.25) is 10.0 Å². The van der Waals surface area contributed by atoms with Gasteiger partial charge in [0.05, 0.1) is 11.4 Å². The molecule has 1 saturated heterocycles. The number of nitrogens with one attached hydrogen (secondary N) is 1. The zero-order valence-electron chi connectivity index (χ0n) is 16.5. The quantitative estimate of drug-likeness (QED) is 0.352. The number of halogens is 1. The van der Waals surface area contributed by atoms with E-state index in [0.29, 0.717) is 6.54 Å². The van der Waals surface area contributed by atoms with Crippen LogP contribution in [0.5, 0.6) is 0 Å². The van der Waals surface area contributed by atoms with Gasteiger partial charge in [0.25, 0.3) is 0 Å². The molecule has 7 nitrogen and oxygen atoms in total. The zero-order chi connectivity index (χ0) is 20.0. The summed E-state index contributed by atoms with van der Waals surface area (Å²) in [6, 6.07) is 17.0. The number of primary sulfonamides is 1. The van der Waals surface area contributed by atoms with Crippen LogP contribution in [0.2, 0.25) is 0 Å². The van der Waals surface area contributed by atoms with Crippen LogP contribution < -0.4 is 15.4 Å². The van der Waals surface area contributed by atoms with Gasteiger partial charge >= 0.3 is 0 Å². The number of nitrogens with zero attached hydrogens (tertiary/aromatic N) is 3. The maximum atomic E-state index is 11.5. The third-order valence-electron chi connectivity index (χ3n) is 4.67. The van der Waals surface area contributed by atoms with Gasteiger partial charge in [-0.1, -0.05) is 30.3 Å². The molecule has 1 aliphatic heterocycles. The number of aliphatic imine (C=N–C) groups is 1. The van der Waals surface area contributed by atoms with Crippen LogP contribution in [0.25, 0.3) is 0 Å². The number of piperazine rings is 1. The summed E-state index contributed by atoms with van der Waals surface area (Å²) in [6.45, 7) is 6.80. The van der Waals surface area contributed by atoms with Crippen LogP contribution in [0.4, 0.5) is 5.69 Å². The summed E-state index contributed by atoms with van der Waals surface area (Å²) in [5, 5.41) is 8.55. The van der Waals surface area contributed by atoms with Crippen LogP contribution in [-0.2, 0) is 16.6 Å². The molecule has 1 aliphatic rings. The number of para-hydroxylation sites is 1. The Hall–Kier alpha value is -1.85. The Balaban J connectivity index is 0.00000300. The summed E-state index contributed by atoms with van der Waals surface area (Å²) in [6.07, 6.45) is 0. The van der Waals surface area contributed by atoms with Crippen molar-refractivity contribution in [3.05, 3.63) is 60.2 Å². The van der Waals surface area contributed by atoms with E-state index in [2.05, 4.69) is 39.4 Å². The molecule has 0 saturated carbocycles. The molecule has 0 aromatic heterocycles. The Morgan fingerprint density at radius 2 is 1.76 bits per heavy atom. The van der Waals surface area contributed by atoms with Gasteiger partial charge in [-0.05, 0) is 36.8 Å². The van der Waals surface area contributed by atoms with Gasteiger partial charge in [0.1, 0.15) is 0 Å². The Morgan fingerprint density at radius 3 is 2.38 bits per heavy atom. The molecule has 0 bridgehead atoms. The maximum Gasteiger partial charge on any atom is 0.238 e. The van der Waals surface area contributed by atoms with Crippen molar-refractivity contribution in [1.82, 2.24) is 10.2 Å². The summed E-state index contributed by atoms with van der Waals surface area (Å²) >= 11 is 0. The molecule has 1 heterocycles. The van der Waals surface area contributed by atoms with Gasteiger partial charge in [-0.25, -0.2) is 18.5 Å². The second kappa shape index (κ2) is 10.8. The van der Waals surface area contributed by atoms with Gasteiger partial charge in [0, 0.05) is 38.4 Å². The molecular weight excluding hydrogens is 501 g/mol. The number of rotatable bonds is 5. The minimum atomic E-state index is -3.71. The third kappa shape index (κ3) is 6.58. The van der Waals surface area contributed by atoms with E-state index < -0.39 is 10.0 Å². The zero-order valence-corrected chi connectivity index (χ0v) is 19.6. The summed E-state index contributed by atoms with van der Waals surface area (Å²) < 4.78 is 23.1. The average Bonchev–Trinajstić information content (AvgIpc) is 2.71. The first-order valence-electron chi connectivity index (χ1n) is 9.42. The van der Waals surface area contributed by atoms with Crippen molar-refractivity contribution >= 4 is 45.6 Å². The van der Waals surface area contributed by atoms with Crippen molar-refractivity contribution in [3.63, 3.8) is 0 Å². The van der Waals surface area contributed by atoms with Crippen LogP contribution in [0, 0.1) is 0 Å². The molecule has 3 N–H and O–H groups in total. The molecule has 1 fully saturated rings. The van der Waals surface area contributed by atoms with E-state index in [-0.39, 0.29) is 28.9 Å². The molecule has 0 atom stereocenters. The Kier molecular flexibility index (Phi) is 8.72. The molecule has 3 rings (SSSR count). The molecule has 0 unspecified atom stereocenters.